The van der Waals surface area contributed by atoms with Crippen LogP contribution >= 0.6 is 11.8 Å². The molecule has 1 amide bonds. The molecule has 9 heteroatoms. The van der Waals surface area contributed by atoms with E-state index in [1.165, 1.54) is 30.2 Å². The molecule has 0 unspecified atom stereocenters. The summed E-state index contributed by atoms with van der Waals surface area (Å²) in [5.74, 6) is 0.864. The average Bonchev–Trinajstić information content (AvgIpc) is 3.11. The van der Waals surface area contributed by atoms with E-state index in [2.05, 4.69) is 20.0 Å². The fourth-order valence-corrected chi connectivity index (χ4v) is 4.24. The highest BCUT2D eigenvalue weighted by Gasteiger charge is 2.21. The van der Waals surface area contributed by atoms with Gasteiger partial charge in [-0.2, -0.15) is 5.10 Å². The Morgan fingerprint density at radius 3 is 2.47 bits per heavy atom. The Hall–Kier alpha value is -2.94. The molecule has 3 heterocycles. The molecule has 1 fully saturated rings. The average molecular weight is 427 g/mol. The van der Waals surface area contributed by atoms with E-state index in [1.807, 2.05) is 30.9 Å². The van der Waals surface area contributed by atoms with Crippen molar-refractivity contribution in [2.75, 3.05) is 36.8 Å². The van der Waals surface area contributed by atoms with E-state index in [9.17, 15) is 9.18 Å². The van der Waals surface area contributed by atoms with Crippen LogP contribution in [-0.4, -0.2) is 62.5 Å². The van der Waals surface area contributed by atoms with Crippen molar-refractivity contribution in [2.45, 2.75) is 18.9 Å². The number of thioether (sulfide) groups is 1. The molecule has 0 saturated carbocycles. The van der Waals surface area contributed by atoms with Crippen LogP contribution in [0.25, 0.3) is 5.82 Å². The lowest BCUT2D eigenvalue weighted by atomic mass is 10.2. The van der Waals surface area contributed by atoms with Crippen LogP contribution in [0, 0.1) is 19.7 Å². The summed E-state index contributed by atoms with van der Waals surface area (Å²) < 4.78 is 14.9. The van der Waals surface area contributed by atoms with E-state index in [0.717, 1.165) is 35.2 Å². The lowest BCUT2D eigenvalue weighted by Crippen LogP contribution is -2.49. The van der Waals surface area contributed by atoms with Gasteiger partial charge in [-0.3, -0.25) is 4.79 Å². The summed E-state index contributed by atoms with van der Waals surface area (Å²) in [6.07, 6.45) is 1.50. The predicted octanol–water partition coefficient (Wildman–Crippen LogP) is 2.86. The van der Waals surface area contributed by atoms with Crippen LogP contribution in [-0.2, 0) is 4.79 Å². The monoisotopic (exact) mass is 426 g/mol. The summed E-state index contributed by atoms with van der Waals surface area (Å²) in [4.78, 5) is 25.3. The van der Waals surface area contributed by atoms with E-state index in [0.29, 0.717) is 24.7 Å². The van der Waals surface area contributed by atoms with Crippen LogP contribution in [0.15, 0.2) is 47.8 Å². The second kappa shape index (κ2) is 8.83. The third-order valence-corrected chi connectivity index (χ3v) is 5.93. The van der Waals surface area contributed by atoms with Gasteiger partial charge in [-0.05, 0) is 44.2 Å². The largest absolute Gasteiger partial charge is 0.368 e. The van der Waals surface area contributed by atoms with Gasteiger partial charge in [0.05, 0.1) is 11.4 Å². The number of carbonyl (C=O) groups is 1. The minimum absolute atomic E-state index is 0.0880. The number of halogens is 1. The van der Waals surface area contributed by atoms with Gasteiger partial charge in [-0.15, -0.1) is 0 Å². The second-order valence-corrected chi connectivity index (χ2v) is 8.18. The number of anilines is 1. The van der Waals surface area contributed by atoms with Gasteiger partial charge in [0, 0.05) is 43.6 Å². The SMILES string of the molecule is Cc1cc(C)n(-c2cc(SCC(=O)N3CCN(c4ccc(F)cc4)CC3)ncn2)n1. The molecule has 2 aromatic heterocycles. The Bertz CT molecular complexity index is 1030. The molecule has 156 valence electrons. The first-order chi connectivity index (χ1) is 14.5. The van der Waals surface area contributed by atoms with Gasteiger partial charge in [-0.1, -0.05) is 11.8 Å². The van der Waals surface area contributed by atoms with Gasteiger partial charge in [0.2, 0.25) is 5.91 Å². The standard InChI is InChI=1S/C21H23FN6OS/c1-15-11-16(2)28(25-15)19-12-20(24-14-23-19)30-13-21(29)27-9-7-26(8-10-27)18-5-3-17(22)4-6-18/h3-6,11-12,14H,7-10,13H2,1-2H3. The van der Waals surface area contributed by atoms with E-state index in [4.69, 9.17) is 0 Å². The van der Waals surface area contributed by atoms with E-state index in [-0.39, 0.29) is 11.7 Å². The van der Waals surface area contributed by atoms with E-state index >= 15 is 0 Å². The van der Waals surface area contributed by atoms with Gasteiger partial charge in [0.1, 0.15) is 17.2 Å². The normalized spacial score (nSPS) is 14.2. The predicted molar refractivity (Wildman–Crippen MR) is 115 cm³/mol. The molecule has 1 aliphatic heterocycles. The van der Waals surface area contributed by atoms with Gasteiger partial charge >= 0.3 is 0 Å². The van der Waals surface area contributed by atoms with Crippen molar-refractivity contribution < 1.29 is 9.18 Å². The molecule has 0 radical (unpaired) electrons. The quantitative estimate of drug-likeness (QED) is 0.462. The Labute approximate surface area is 178 Å². The summed E-state index contributed by atoms with van der Waals surface area (Å²) >= 11 is 1.40. The lowest BCUT2D eigenvalue weighted by molar-refractivity contribution is -0.128. The topological polar surface area (TPSA) is 67.2 Å². The molecule has 1 aliphatic rings. The van der Waals surface area contributed by atoms with E-state index < -0.39 is 0 Å². The minimum Gasteiger partial charge on any atom is -0.368 e. The molecular weight excluding hydrogens is 403 g/mol. The van der Waals surface area contributed by atoms with Crippen molar-refractivity contribution in [3.05, 3.63) is 59.9 Å². The lowest BCUT2D eigenvalue weighted by Gasteiger charge is -2.36. The van der Waals surface area contributed by atoms with Crippen LogP contribution in [0.4, 0.5) is 10.1 Å². The highest BCUT2D eigenvalue weighted by Crippen LogP contribution is 2.20. The van der Waals surface area contributed by atoms with Crippen LogP contribution in [0.3, 0.4) is 0 Å². The Kier molecular flexibility index (Phi) is 5.98. The van der Waals surface area contributed by atoms with Crippen LogP contribution in [0.5, 0.6) is 0 Å². The zero-order valence-electron chi connectivity index (χ0n) is 17.0. The second-order valence-electron chi connectivity index (χ2n) is 7.19. The third-order valence-electron chi connectivity index (χ3n) is 5.02. The molecule has 3 aromatic rings. The molecule has 4 rings (SSSR count). The molecule has 0 atom stereocenters. The zero-order chi connectivity index (χ0) is 21.1. The van der Waals surface area contributed by atoms with Crippen molar-refractivity contribution in [3.63, 3.8) is 0 Å². The summed E-state index contributed by atoms with van der Waals surface area (Å²) in [6, 6.07) is 10.3. The number of benzene rings is 1. The van der Waals surface area contributed by atoms with Crippen molar-refractivity contribution in [2.24, 2.45) is 0 Å². The number of hydrogen-bond acceptors (Lipinski definition) is 6. The highest BCUT2D eigenvalue weighted by atomic mass is 32.2. The number of carbonyl (C=O) groups excluding carboxylic acids is 1. The minimum atomic E-state index is -0.240. The number of amides is 1. The summed E-state index contributed by atoms with van der Waals surface area (Å²) in [7, 11) is 0. The van der Waals surface area contributed by atoms with Gasteiger partial charge in [-0.25, -0.2) is 19.0 Å². The number of aryl methyl sites for hydroxylation is 2. The molecule has 1 saturated heterocycles. The first-order valence-electron chi connectivity index (χ1n) is 9.76. The van der Waals surface area contributed by atoms with Crippen molar-refractivity contribution >= 4 is 23.4 Å². The summed E-state index contributed by atoms with van der Waals surface area (Å²) in [5, 5.41) is 5.19. The van der Waals surface area contributed by atoms with Crippen LogP contribution in [0.1, 0.15) is 11.4 Å². The first-order valence-corrected chi connectivity index (χ1v) is 10.7. The molecule has 0 bridgehead atoms. The maximum atomic E-state index is 13.1. The number of rotatable bonds is 5. The highest BCUT2D eigenvalue weighted by molar-refractivity contribution is 7.99. The van der Waals surface area contributed by atoms with Crippen molar-refractivity contribution in [3.8, 4) is 5.82 Å². The molecular formula is C21H23FN6OS. The molecule has 0 spiro atoms. The van der Waals surface area contributed by atoms with Gasteiger partial charge in [0.25, 0.3) is 0 Å². The summed E-state index contributed by atoms with van der Waals surface area (Å²) in [6.45, 7) is 6.68. The molecule has 0 aliphatic carbocycles. The Balaban J connectivity index is 1.32. The smallest absolute Gasteiger partial charge is 0.233 e. The number of piperazine rings is 1. The molecule has 1 aromatic carbocycles. The fraction of sp³-hybridized carbons (Fsp3) is 0.333. The first kappa shape index (κ1) is 20.3. The van der Waals surface area contributed by atoms with E-state index in [1.54, 1.807) is 16.8 Å². The van der Waals surface area contributed by atoms with Crippen molar-refractivity contribution in [1.29, 1.82) is 0 Å². The van der Waals surface area contributed by atoms with Crippen molar-refractivity contribution in [1.82, 2.24) is 24.6 Å². The molecule has 0 N–H and O–H groups in total. The summed E-state index contributed by atoms with van der Waals surface area (Å²) in [5.41, 5.74) is 2.91. The third kappa shape index (κ3) is 4.62. The fourth-order valence-electron chi connectivity index (χ4n) is 3.48. The van der Waals surface area contributed by atoms with Gasteiger partial charge in [0.15, 0.2) is 5.82 Å². The number of aromatic nitrogens is 4. The Morgan fingerprint density at radius 1 is 1.07 bits per heavy atom. The van der Waals surface area contributed by atoms with Gasteiger partial charge < -0.3 is 9.80 Å². The maximum Gasteiger partial charge on any atom is 0.233 e. The maximum absolute atomic E-state index is 13.1. The molecule has 7 nitrogen and oxygen atoms in total. The Morgan fingerprint density at radius 2 is 1.80 bits per heavy atom. The molecule has 30 heavy (non-hydrogen) atoms. The van der Waals surface area contributed by atoms with Crippen LogP contribution in [0.2, 0.25) is 0 Å². The van der Waals surface area contributed by atoms with Crippen LogP contribution < -0.4 is 4.90 Å². The number of nitrogens with zero attached hydrogens (tertiary/aromatic N) is 6. The zero-order valence-corrected chi connectivity index (χ0v) is 17.8. The number of hydrogen-bond donors (Lipinski definition) is 0.